The summed E-state index contributed by atoms with van der Waals surface area (Å²) in [6.07, 6.45) is 3.79. The second-order valence-corrected chi connectivity index (χ2v) is 4.50. The van der Waals surface area contributed by atoms with Gasteiger partial charge in [0.1, 0.15) is 5.52 Å². The van der Waals surface area contributed by atoms with E-state index in [-0.39, 0.29) is 0 Å². The van der Waals surface area contributed by atoms with Crippen LogP contribution in [0.15, 0.2) is 28.7 Å². The lowest BCUT2D eigenvalue weighted by Crippen LogP contribution is -2.37. The van der Waals surface area contributed by atoms with E-state index in [2.05, 4.69) is 16.8 Å². The fourth-order valence-corrected chi connectivity index (χ4v) is 2.37. The molecule has 1 aromatic carbocycles. The third-order valence-electron chi connectivity index (χ3n) is 3.33. The molecule has 16 heavy (non-hydrogen) atoms. The first-order valence-electron chi connectivity index (χ1n) is 5.97. The summed E-state index contributed by atoms with van der Waals surface area (Å²) in [6.45, 7) is 3.31. The van der Waals surface area contributed by atoms with Crippen LogP contribution in [-0.2, 0) is 0 Å². The highest BCUT2D eigenvalue weighted by atomic mass is 16.4. The van der Waals surface area contributed by atoms with Gasteiger partial charge in [0.2, 0.25) is 0 Å². The number of hydrogen-bond donors (Lipinski definition) is 0. The van der Waals surface area contributed by atoms with Gasteiger partial charge < -0.3 is 9.32 Å². The number of oxazole rings is 1. The molecule has 3 nitrogen and oxygen atoms in total. The van der Waals surface area contributed by atoms with E-state index in [1.807, 2.05) is 24.3 Å². The van der Waals surface area contributed by atoms with E-state index in [0.29, 0.717) is 6.04 Å². The van der Waals surface area contributed by atoms with Gasteiger partial charge in [-0.05, 0) is 38.3 Å². The molecule has 0 N–H and O–H groups in total. The van der Waals surface area contributed by atoms with Crippen molar-refractivity contribution in [3.63, 3.8) is 0 Å². The molecule has 1 aliphatic rings. The molecule has 2 heterocycles. The molecule has 0 spiro atoms. The molecular formula is C13H16N2O. The zero-order valence-corrected chi connectivity index (χ0v) is 9.52. The predicted octanol–water partition coefficient (Wildman–Crippen LogP) is 3.21. The first-order valence-corrected chi connectivity index (χ1v) is 5.97. The van der Waals surface area contributed by atoms with Crippen molar-refractivity contribution in [1.29, 1.82) is 0 Å². The predicted molar refractivity (Wildman–Crippen MR) is 64.7 cm³/mol. The van der Waals surface area contributed by atoms with Gasteiger partial charge in [-0.15, -0.1) is 0 Å². The zero-order valence-electron chi connectivity index (χ0n) is 9.52. The molecule has 1 fully saturated rings. The molecule has 0 aliphatic carbocycles. The van der Waals surface area contributed by atoms with Gasteiger partial charge in [-0.1, -0.05) is 12.1 Å². The topological polar surface area (TPSA) is 29.3 Å². The van der Waals surface area contributed by atoms with Crippen LogP contribution in [0.25, 0.3) is 11.1 Å². The molecule has 1 saturated heterocycles. The number of anilines is 1. The van der Waals surface area contributed by atoms with Gasteiger partial charge in [-0.25, -0.2) is 0 Å². The van der Waals surface area contributed by atoms with Crippen LogP contribution in [0.5, 0.6) is 0 Å². The van der Waals surface area contributed by atoms with Crippen LogP contribution in [0.3, 0.4) is 0 Å². The molecule has 1 aromatic heterocycles. The minimum atomic E-state index is 0.543. The Hall–Kier alpha value is -1.51. The summed E-state index contributed by atoms with van der Waals surface area (Å²) in [7, 11) is 0. The standard InChI is InChI=1S/C13H16N2O/c1-10-6-4-5-9-15(10)13-14-11-7-2-3-8-12(11)16-13/h2-3,7-8,10H,4-6,9H2,1H3/t10-/m1/s1. The third-order valence-corrected chi connectivity index (χ3v) is 3.33. The highest BCUT2D eigenvalue weighted by Gasteiger charge is 2.22. The molecule has 0 amide bonds. The van der Waals surface area contributed by atoms with Gasteiger partial charge in [0, 0.05) is 12.6 Å². The van der Waals surface area contributed by atoms with E-state index in [4.69, 9.17) is 4.42 Å². The molecule has 0 saturated carbocycles. The highest BCUT2D eigenvalue weighted by Crippen LogP contribution is 2.27. The molecule has 84 valence electrons. The number of aromatic nitrogens is 1. The lowest BCUT2D eigenvalue weighted by molar-refractivity contribution is 0.443. The summed E-state index contributed by atoms with van der Waals surface area (Å²) in [4.78, 5) is 6.83. The molecule has 0 radical (unpaired) electrons. The fourth-order valence-electron chi connectivity index (χ4n) is 2.37. The van der Waals surface area contributed by atoms with Crippen LogP contribution in [0, 0.1) is 0 Å². The Morgan fingerprint density at radius 3 is 3.00 bits per heavy atom. The molecular weight excluding hydrogens is 200 g/mol. The van der Waals surface area contributed by atoms with Crippen molar-refractivity contribution in [1.82, 2.24) is 4.98 Å². The SMILES string of the molecule is C[C@@H]1CCCCN1c1nc2ccccc2o1. The monoisotopic (exact) mass is 216 g/mol. The molecule has 1 atom stereocenters. The van der Waals surface area contributed by atoms with E-state index in [1.54, 1.807) is 0 Å². The number of benzene rings is 1. The summed E-state index contributed by atoms with van der Waals surface area (Å²) < 4.78 is 5.79. The Bertz CT molecular complexity index is 458. The molecule has 3 heteroatoms. The smallest absolute Gasteiger partial charge is 0.298 e. The molecule has 1 aliphatic heterocycles. The van der Waals surface area contributed by atoms with Crippen LogP contribution in [0.1, 0.15) is 26.2 Å². The Morgan fingerprint density at radius 1 is 1.31 bits per heavy atom. The minimum absolute atomic E-state index is 0.543. The Balaban J connectivity index is 1.98. The fraction of sp³-hybridized carbons (Fsp3) is 0.462. The number of nitrogens with zero attached hydrogens (tertiary/aromatic N) is 2. The van der Waals surface area contributed by atoms with Crippen LogP contribution < -0.4 is 4.90 Å². The van der Waals surface area contributed by atoms with Crippen molar-refractivity contribution in [3.05, 3.63) is 24.3 Å². The van der Waals surface area contributed by atoms with E-state index < -0.39 is 0 Å². The van der Waals surface area contributed by atoms with Crippen molar-refractivity contribution in [2.24, 2.45) is 0 Å². The van der Waals surface area contributed by atoms with Gasteiger partial charge in [0.15, 0.2) is 5.58 Å². The molecule has 0 unspecified atom stereocenters. The van der Waals surface area contributed by atoms with E-state index in [0.717, 1.165) is 23.7 Å². The van der Waals surface area contributed by atoms with Crippen molar-refractivity contribution in [3.8, 4) is 0 Å². The Morgan fingerprint density at radius 2 is 2.19 bits per heavy atom. The number of para-hydroxylation sites is 2. The molecule has 3 rings (SSSR count). The lowest BCUT2D eigenvalue weighted by Gasteiger charge is -2.31. The minimum Gasteiger partial charge on any atom is -0.423 e. The van der Waals surface area contributed by atoms with Gasteiger partial charge in [-0.3, -0.25) is 0 Å². The van der Waals surface area contributed by atoms with Crippen LogP contribution in [0.2, 0.25) is 0 Å². The average molecular weight is 216 g/mol. The van der Waals surface area contributed by atoms with Crippen molar-refractivity contribution in [2.45, 2.75) is 32.2 Å². The number of rotatable bonds is 1. The van der Waals surface area contributed by atoms with Crippen molar-refractivity contribution >= 4 is 17.1 Å². The van der Waals surface area contributed by atoms with Gasteiger partial charge in [0.25, 0.3) is 6.01 Å². The lowest BCUT2D eigenvalue weighted by atomic mass is 10.0. The van der Waals surface area contributed by atoms with Crippen LogP contribution in [-0.4, -0.2) is 17.6 Å². The maximum atomic E-state index is 5.79. The van der Waals surface area contributed by atoms with Crippen molar-refractivity contribution in [2.75, 3.05) is 11.4 Å². The first kappa shape index (κ1) is 9.70. The highest BCUT2D eigenvalue weighted by molar-refractivity contribution is 5.74. The third kappa shape index (κ3) is 1.56. The van der Waals surface area contributed by atoms with E-state index in [1.165, 1.54) is 19.3 Å². The first-order chi connectivity index (χ1) is 7.84. The second-order valence-electron chi connectivity index (χ2n) is 4.50. The van der Waals surface area contributed by atoms with Crippen molar-refractivity contribution < 1.29 is 4.42 Å². The zero-order chi connectivity index (χ0) is 11.0. The van der Waals surface area contributed by atoms with Gasteiger partial charge in [0.05, 0.1) is 0 Å². The largest absolute Gasteiger partial charge is 0.423 e. The molecule has 2 aromatic rings. The van der Waals surface area contributed by atoms with Gasteiger partial charge in [-0.2, -0.15) is 4.98 Å². The maximum Gasteiger partial charge on any atom is 0.298 e. The quantitative estimate of drug-likeness (QED) is 0.733. The summed E-state index contributed by atoms with van der Waals surface area (Å²) in [5, 5.41) is 0. The Kier molecular flexibility index (Phi) is 2.31. The normalized spacial score (nSPS) is 21.6. The number of fused-ring (bicyclic) bond motifs is 1. The number of piperidine rings is 1. The van der Waals surface area contributed by atoms with Gasteiger partial charge >= 0.3 is 0 Å². The van der Waals surface area contributed by atoms with E-state index in [9.17, 15) is 0 Å². The van der Waals surface area contributed by atoms with E-state index >= 15 is 0 Å². The van der Waals surface area contributed by atoms with Crippen LogP contribution >= 0.6 is 0 Å². The van der Waals surface area contributed by atoms with Crippen LogP contribution in [0.4, 0.5) is 6.01 Å². The average Bonchev–Trinajstić information content (AvgIpc) is 2.73. The number of hydrogen-bond acceptors (Lipinski definition) is 3. The maximum absolute atomic E-state index is 5.79. The molecule has 0 bridgehead atoms. The summed E-state index contributed by atoms with van der Waals surface area (Å²) in [6, 6.07) is 9.28. The summed E-state index contributed by atoms with van der Waals surface area (Å²) in [5.41, 5.74) is 1.84. The second kappa shape index (κ2) is 3.81. The summed E-state index contributed by atoms with van der Waals surface area (Å²) in [5.74, 6) is 0. The summed E-state index contributed by atoms with van der Waals surface area (Å²) >= 11 is 0. The Labute approximate surface area is 95.1 Å².